The molecule has 120 valence electrons. The van der Waals surface area contributed by atoms with Crippen molar-refractivity contribution in [3.05, 3.63) is 12.2 Å². The predicted octanol–water partition coefficient (Wildman–Crippen LogP) is 6.40. The van der Waals surface area contributed by atoms with Crippen molar-refractivity contribution in [1.29, 1.82) is 0 Å². The Hall–Kier alpha value is -0.300. The van der Waals surface area contributed by atoms with Crippen LogP contribution in [0.3, 0.4) is 0 Å². The number of rotatable bonds is 15. The quantitative estimate of drug-likeness (QED) is 0.272. The molecule has 0 fully saturated rings. The Morgan fingerprint density at radius 3 is 1.75 bits per heavy atom. The Balaban J connectivity index is 3.14. The predicted molar refractivity (Wildman–Crippen MR) is 91.1 cm³/mol. The van der Waals surface area contributed by atoms with Crippen LogP contribution in [0.5, 0.6) is 0 Å². The molecule has 20 heavy (non-hydrogen) atoms. The van der Waals surface area contributed by atoms with Crippen molar-refractivity contribution in [1.82, 2.24) is 0 Å². The molecule has 0 heterocycles. The second-order valence-corrected chi connectivity index (χ2v) is 6.11. The summed E-state index contributed by atoms with van der Waals surface area (Å²) in [6.07, 6.45) is 22.2. The van der Waals surface area contributed by atoms with Gasteiger partial charge in [0.25, 0.3) is 0 Å². The second kappa shape index (κ2) is 16.8. The SMILES string of the molecule is CCCCCCCCCCCC/C=C\[C@H](O)CCCC. The van der Waals surface area contributed by atoms with E-state index in [1.54, 1.807) is 0 Å². The zero-order chi connectivity index (χ0) is 14.9. The van der Waals surface area contributed by atoms with Crippen LogP contribution >= 0.6 is 0 Å². The minimum Gasteiger partial charge on any atom is -0.389 e. The van der Waals surface area contributed by atoms with Crippen molar-refractivity contribution in [3.8, 4) is 0 Å². The molecule has 0 radical (unpaired) electrons. The Morgan fingerprint density at radius 2 is 1.20 bits per heavy atom. The zero-order valence-corrected chi connectivity index (χ0v) is 14.1. The van der Waals surface area contributed by atoms with E-state index < -0.39 is 0 Å². The standard InChI is InChI=1S/C19H38O/c1-3-5-7-8-9-10-11-12-13-14-15-16-18-19(20)17-6-4-2/h16,18-20H,3-15,17H2,1-2H3/b18-16-/t19-/m1/s1. The van der Waals surface area contributed by atoms with Gasteiger partial charge < -0.3 is 5.11 Å². The molecule has 0 aliphatic rings. The van der Waals surface area contributed by atoms with Crippen molar-refractivity contribution in [3.63, 3.8) is 0 Å². The lowest BCUT2D eigenvalue weighted by atomic mass is 10.1. The van der Waals surface area contributed by atoms with Crippen molar-refractivity contribution >= 4 is 0 Å². The molecule has 0 unspecified atom stereocenters. The Morgan fingerprint density at radius 1 is 0.700 bits per heavy atom. The van der Waals surface area contributed by atoms with Gasteiger partial charge in [0, 0.05) is 0 Å². The first-order chi connectivity index (χ1) is 9.81. The molecule has 0 saturated carbocycles. The monoisotopic (exact) mass is 282 g/mol. The van der Waals surface area contributed by atoms with Gasteiger partial charge >= 0.3 is 0 Å². The number of aliphatic hydroxyl groups excluding tert-OH is 1. The van der Waals surface area contributed by atoms with Gasteiger partial charge in [-0.2, -0.15) is 0 Å². The minimum atomic E-state index is -0.210. The first-order valence-electron chi connectivity index (χ1n) is 9.16. The molecule has 1 heteroatoms. The van der Waals surface area contributed by atoms with Gasteiger partial charge in [0.05, 0.1) is 6.10 Å². The van der Waals surface area contributed by atoms with Crippen LogP contribution in [-0.4, -0.2) is 11.2 Å². The molecule has 0 aromatic rings. The minimum absolute atomic E-state index is 0.210. The largest absolute Gasteiger partial charge is 0.389 e. The normalized spacial score (nSPS) is 13.2. The van der Waals surface area contributed by atoms with E-state index in [-0.39, 0.29) is 6.10 Å². The van der Waals surface area contributed by atoms with Gasteiger partial charge in [0.15, 0.2) is 0 Å². The smallest absolute Gasteiger partial charge is 0.0720 e. The fourth-order valence-corrected chi connectivity index (χ4v) is 2.51. The summed E-state index contributed by atoms with van der Waals surface area (Å²) < 4.78 is 0. The van der Waals surface area contributed by atoms with Gasteiger partial charge in [0.2, 0.25) is 0 Å². The average molecular weight is 283 g/mol. The first kappa shape index (κ1) is 19.7. The van der Waals surface area contributed by atoms with Gasteiger partial charge in [-0.1, -0.05) is 96.6 Å². The molecular weight excluding hydrogens is 244 g/mol. The molecular formula is C19H38O. The van der Waals surface area contributed by atoms with Gasteiger partial charge in [-0.25, -0.2) is 0 Å². The number of allylic oxidation sites excluding steroid dienone is 1. The molecule has 0 rings (SSSR count). The molecule has 0 aliphatic carbocycles. The summed E-state index contributed by atoms with van der Waals surface area (Å²) in [7, 11) is 0. The fourth-order valence-electron chi connectivity index (χ4n) is 2.51. The van der Waals surface area contributed by atoms with E-state index in [4.69, 9.17) is 0 Å². The van der Waals surface area contributed by atoms with Crippen LogP contribution in [0.4, 0.5) is 0 Å². The number of unbranched alkanes of at least 4 members (excludes halogenated alkanes) is 11. The summed E-state index contributed by atoms with van der Waals surface area (Å²) in [5.41, 5.74) is 0. The van der Waals surface area contributed by atoms with Gasteiger partial charge in [-0.05, 0) is 19.3 Å². The Kier molecular flexibility index (Phi) is 16.5. The topological polar surface area (TPSA) is 20.2 Å². The highest BCUT2D eigenvalue weighted by Gasteiger charge is 1.96. The summed E-state index contributed by atoms with van der Waals surface area (Å²) in [5, 5.41) is 9.65. The highest BCUT2D eigenvalue weighted by atomic mass is 16.3. The van der Waals surface area contributed by atoms with Crippen LogP contribution in [0.2, 0.25) is 0 Å². The fraction of sp³-hybridized carbons (Fsp3) is 0.895. The van der Waals surface area contributed by atoms with E-state index >= 15 is 0 Å². The molecule has 0 aliphatic heterocycles. The van der Waals surface area contributed by atoms with E-state index in [1.807, 2.05) is 6.08 Å². The summed E-state index contributed by atoms with van der Waals surface area (Å²) in [4.78, 5) is 0. The lowest BCUT2D eigenvalue weighted by Gasteiger charge is -2.03. The van der Waals surface area contributed by atoms with Crippen LogP contribution in [0.25, 0.3) is 0 Å². The third kappa shape index (κ3) is 15.8. The Labute approximate surface area is 127 Å². The number of aliphatic hydroxyl groups is 1. The van der Waals surface area contributed by atoms with E-state index in [0.29, 0.717) is 0 Å². The third-order valence-corrected chi connectivity index (χ3v) is 3.94. The second-order valence-electron chi connectivity index (χ2n) is 6.11. The van der Waals surface area contributed by atoms with Crippen LogP contribution < -0.4 is 0 Å². The molecule has 1 atom stereocenters. The van der Waals surface area contributed by atoms with Gasteiger partial charge in [-0.15, -0.1) is 0 Å². The maximum atomic E-state index is 9.65. The van der Waals surface area contributed by atoms with Crippen LogP contribution in [0.1, 0.15) is 104 Å². The van der Waals surface area contributed by atoms with Crippen molar-refractivity contribution in [2.75, 3.05) is 0 Å². The van der Waals surface area contributed by atoms with Crippen molar-refractivity contribution in [2.24, 2.45) is 0 Å². The van der Waals surface area contributed by atoms with Crippen molar-refractivity contribution in [2.45, 2.75) is 110 Å². The van der Waals surface area contributed by atoms with Crippen LogP contribution in [0.15, 0.2) is 12.2 Å². The van der Waals surface area contributed by atoms with Crippen LogP contribution in [-0.2, 0) is 0 Å². The molecule has 0 aromatic heterocycles. The molecule has 0 spiro atoms. The zero-order valence-electron chi connectivity index (χ0n) is 14.1. The summed E-state index contributed by atoms with van der Waals surface area (Å²) >= 11 is 0. The molecule has 0 aromatic carbocycles. The Bertz CT molecular complexity index is 198. The van der Waals surface area contributed by atoms with E-state index in [0.717, 1.165) is 19.3 Å². The lowest BCUT2D eigenvalue weighted by Crippen LogP contribution is -2.00. The maximum absolute atomic E-state index is 9.65. The van der Waals surface area contributed by atoms with E-state index in [1.165, 1.54) is 70.6 Å². The molecule has 1 N–H and O–H groups in total. The van der Waals surface area contributed by atoms with E-state index in [2.05, 4.69) is 19.9 Å². The van der Waals surface area contributed by atoms with E-state index in [9.17, 15) is 5.11 Å². The van der Waals surface area contributed by atoms with Gasteiger partial charge in [0.1, 0.15) is 0 Å². The summed E-state index contributed by atoms with van der Waals surface area (Å²) in [5.74, 6) is 0. The van der Waals surface area contributed by atoms with Gasteiger partial charge in [-0.3, -0.25) is 0 Å². The summed E-state index contributed by atoms with van der Waals surface area (Å²) in [6.45, 7) is 4.44. The highest BCUT2D eigenvalue weighted by Crippen LogP contribution is 2.11. The maximum Gasteiger partial charge on any atom is 0.0720 e. The van der Waals surface area contributed by atoms with Crippen LogP contribution in [0, 0.1) is 0 Å². The summed E-state index contributed by atoms with van der Waals surface area (Å²) in [6, 6.07) is 0. The average Bonchev–Trinajstić information content (AvgIpc) is 2.46. The molecule has 0 saturated heterocycles. The lowest BCUT2D eigenvalue weighted by molar-refractivity contribution is 0.209. The van der Waals surface area contributed by atoms with Crippen molar-refractivity contribution < 1.29 is 5.11 Å². The first-order valence-corrected chi connectivity index (χ1v) is 9.16. The molecule has 0 amide bonds. The number of hydrogen-bond acceptors (Lipinski definition) is 1. The molecule has 0 bridgehead atoms. The third-order valence-electron chi connectivity index (χ3n) is 3.94. The highest BCUT2D eigenvalue weighted by molar-refractivity contribution is 4.88. The molecule has 1 nitrogen and oxygen atoms in total. The number of hydrogen-bond donors (Lipinski definition) is 1.